The molecule has 1 aliphatic carbocycles. The third kappa shape index (κ3) is 2.60. The van der Waals surface area contributed by atoms with Crippen LogP contribution in [-0.2, 0) is 4.79 Å². The van der Waals surface area contributed by atoms with Gasteiger partial charge in [0.15, 0.2) is 0 Å². The Morgan fingerprint density at radius 3 is 2.42 bits per heavy atom. The van der Waals surface area contributed by atoms with E-state index in [0.29, 0.717) is 19.4 Å². The van der Waals surface area contributed by atoms with Crippen molar-refractivity contribution in [2.45, 2.75) is 58.2 Å². The Bertz CT molecular complexity index is 606. The first-order chi connectivity index (χ1) is 11.2. The van der Waals surface area contributed by atoms with E-state index in [0.717, 1.165) is 12.0 Å². The van der Waals surface area contributed by atoms with Crippen LogP contribution in [0, 0.1) is 10.8 Å². The molecule has 0 bridgehead atoms. The van der Waals surface area contributed by atoms with Crippen LogP contribution in [0.5, 0.6) is 0 Å². The molecule has 1 amide bonds. The van der Waals surface area contributed by atoms with Crippen molar-refractivity contribution in [1.82, 2.24) is 9.88 Å². The molecule has 1 atom stereocenters. The largest absolute Gasteiger partial charge is 0.403 e. The molecule has 2 aliphatic rings. The Kier molecular flexibility index (Phi) is 4.12. The third-order valence-corrected chi connectivity index (χ3v) is 5.55. The lowest BCUT2D eigenvalue weighted by atomic mass is 9.67. The minimum absolute atomic E-state index is 0.0912. The molecule has 6 heteroatoms. The number of rotatable bonds is 2. The fourth-order valence-corrected chi connectivity index (χ4v) is 4.33. The van der Waals surface area contributed by atoms with E-state index in [-0.39, 0.29) is 24.3 Å². The molecule has 0 aromatic carbocycles. The second kappa shape index (κ2) is 5.74. The Morgan fingerprint density at radius 1 is 1.25 bits per heavy atom. The van der Waals surface area contributed by atoms with Gasteiger partial charge < -0.3 is 4.90 Å². The lowest BCUT2D eigenvalue weighted by Crippen LogP contribution is -2.64. The zero-order valence-corrected chi connectivity index (χ0v) is 14.1. The lowest BCUT2D eigenvalue weighted by Gasteiger charge is -2.57. The molecule has 0 spiro atoms. The molecule has 0 N–H and O–H groups in total. The fourth-order valence-electron chi connectivity index (χ4n) is 4.33. The van der Waals surface area contributed by atoms with Gasteiger partial charge in [-0.15, -0.1) is 0 Å². The summed E-state index contributed by atoms with van der Waals surface area (Å²) in [5.74, 6) is -0.747. The minimum Gasteiger partial charge on any atom is -0.334 e. The van der Waals surface area contributed by atoms with Crippen LogP contribution in [0.3, 0.4) is 0 Å². The topological polar surface area (TPSA) is 33.2 Å². The van der Waals surface area contributed by atoms with Gasteiger partial charge >= 0.3 is 6.18 Å². The number of nitrogens with zero attached hydrogens (tertiary/aromatic N) is 2. The van der Waals surface area contributed by atoms with Crippen molar-refractivity contribution in [2.75, 3.05) is 6.54 Å². The normalized spacial score (nSPS) is 25.9. The van der Waals surface area contributed by atoms with Gasteiger partial charge in [-0.3, -0.25) is 9.78 Å². The molecular formula is C18H23F3N2O. The number of aromatic nitrogens is 1. The first-order valence-corrected chi connectivity index (χ1v) is 8.47. The van der Waals surface area contributed by atoms with Gasteiger partial charge in [-0.25, -0.2) is 0 Å². The van der Waals surface area contributed by atoms with E-state index in [9.17, 15) is 18.0 Å². The van der Waals surface area contributed by atoms with Crippen molar-refractivity contribution in [2.24, 2.45) is 10.8 Å². The zero-order valence-electron chi connectivity index (χ0n) is 14.1. The predicted octanol–water partition coefficient (Wildman–Crippen LogP) is 4.50. The SMILES string of the molecule is CC1(C)CN(C(=O)C2(C(F)(F)F)CCCCC2)C1c1cccnc1. The van der Waals surface area contributed by atoms with Gasteiger partial charge in [0, 0.05) is 24.4 Å². The molecule has 1 aromatic rings. The van der Waals surface area contributed by atoms with Crippen LogP contribution in [0.15, 0.2) is 24.5 Å². The van der Waals surface area contributed by atoms with Crippen molar-refractivity contribution in [1.29, 1.82) is 0 Å². The molecule has 1 aromatic heterocycles. The number of carbonyl (C=O) groups is 1. The third-order valence-electron chi connectivity index (χ3n) is 5.55. The van der Waals surface area contributed by atoms with Crippen molar-refractivity contribution in [3.8, 4) is 0 Å². The van der Waals surface area contributed by atoms with E-state index >= 15 is 0 Å². The van der Waals surface area contributed by atoms with Gasteiger partial charge in [0.2, 0.25) is 5.91 Å². The van der Waals surface area contributed by atoms with Crippen molar-refractivity contribution >= 4 is 5.91 Å². The summed E-state index contributed by atoms with van der Waals surface area (Å²) in [5.41, 5.74) is -1.65. The monoisotopic (exact) mass is 340 g/mol. The smallest absolute Gasteiger partial charge is 0.334 e. The van der Waals surface area contributed by atoms with Crippen LogP contribution in [0.4, 0.5) is 13.2 Å². The summed E-state index contributed by atoms with van der Waals surface area (Å²) in [6.07, 6.45) is 0.275. The molecule has 1 unspecified atom stereocenters. The Morgan fingerprint density at radius 2 is 1.92 bits per heavy atom. The van der Waals surface area contributed by atoms with Crippen LogP contribution in [0.2, 0.25) is 0 Å². The summed E-state index contributed by atoms with van der Waals surface area (Å²) in [4.78, 5) is 18.5. The van der Waals surface area contributed by atoms with Gasteiger partial charge in [-0.2, -0.15) is 13.2 Å². The maximum atomic E-state index is 13.8. The molecular weight excluding hydrogens is 317 g/mol. The van der Waals surface area contributed by atoms with Gasteiger partial charge in [-0.05, 0) is 24.5 Å². The quantitative estimate of drug-likeness (QED) is 0.794. The van der Waals surface area contributed by atoms with E-state index in [1.165, 1.54) is 4.90 Å². The summed E-state index contributed by atoms with van der Waals surface area (Å²) in [6.45, 7) is 4.31. The van der Waals surface area contributed by atoms with Crippen LogP contribution in [0.1, 0.15) is 57.6 Å². The van der Waals surface area contributed by atoms with Crippen LogP contribution < -0.4 is 0 Å². The molecule has 3 rings (SSSR count). The number of amides is 1. The first kappa shape index (κ1) is 17.2. The predicted molar refractivity (Wildman–Crippen MR) is 84.0 cm³/mol. The summed E-state index contributed by atoms with van der Waals surface area (Å²) in [5, 5.41) is 0. The van der Waals surface area contributed by atoms with Gasteiger partial charge in [-0.1, -0.05) is 39.2 Å². The minimum atomic E-state index is -4.50. The Labute approximate surface area is 140 Å². The van der Waals surface area contributed by atoms with Gasteiger partial charge in [0.1, 0.15) is 5.41 Å². The second-order valence-corrected chi connectivity index (χ2v) is 7.75. The number of halogens is 3. The first-order valence-electron chi connectivity index (χ1n) is 8.47. The number of alkyl halides is 3. The summed E-state index contributed by atoms with van der Waals surface area (Å²) < 4.78 is 41.5. The number of carbonyl (C=O) groups excluding carboxylic acids is 1. The molecule has 1 aliphatic heterocycles. The van der Waals surface area contributed by atoms with E-state index in [1.54, 1.807) is 18.5 Å². The van der Waals surface area contributed by atoms with E-state index in [2.05, 4.69) is 4.98 Å². The maximum Gasteiger partial charge on any atom is 0.403 e. The van der Waals surface area contributed by atoms with E-state index in [1.807, 2.05) is 19.9 Å². The summed E-state index contributed by atoms with van der Waals surface area (Å²) in [6, 6.07) is 3.24. The number of likely N-dealkylation sites (tertiary alicyclic amines) is 1. The summed E-state index contributed by atoms with van der Waals surface area (Å²) >= 11 is 0. The highest BCUT2D eigenvalue weighted by Crippen LogP contribution is 2.55. The van der Waals surface area contributed by atoms with E-state index < -0.39 is 17.5 Å². The molecule has 24 heavy (non-hydrogen) atoms. The zero-order chi connectivity index (χ0) is 17.6. The highest BCUT2D eigenvalue weighted by molar-refractivity contribution is 5.85. The number of hydrogen-bond donors (Lipinski definition) is 0. The Hall–Kier alpha value is -1.59. The number of pyridine rings is 1. The molecule has 2 fully saturated rings. The number of hydrogen-bond acceptors (Lipinski definition) is 2. The van der Waals surface area contributed by atoms with Gasteiger partial charge in [0.05, 0.1) is 6.04 Å². The van der Waals surface area contributed by atoms with Crippen molar-refractivity contribution in [3.63, 3.8) is 0 Å². The van der Waals surface area contributed by atoms with Crippen molar-refractivity contribution < 1.29 is 18.0 Å². The lowest BCUT2D eigenvalue weighted by molar-refractivity contribution is -0.243. The van der Waals surface area contributed by atoms with Crippen molar-refractivity contribution in [3.05, 3.63) is 30.1 Å². The molecule has 1 saturated heterocycles. The highest BCUT2D eigenvalue weighted by atomic mass is 19.4. The summed E-state index contributed by atoms with van der Waals surface area (Å²) in [7, 11) is 0. The average molecular weight is 340 g/mol. The standard InChI is InChI=1S/C18H23F3N2O/c1-16(2)12-23(14(16)13-7-6-10-22-11-13)15(24)17(18(19,20)21)8-4-3-5-9-17/h6-7,10-11,14H,3-5,8-9,12H2,1-2H3. The average Bonchev–Trinajstić information content (AvgIpc) is 2.53. The molecule has 3 nitrogen and oxygen atoms in total. The van der Waals surface area contributed by atoms with E-state index in [4.69, 9.17) is 0 Å². The second-order valence-electron chi connectivity index (χ2n) is 7.75. The highest BCUT2D eigenvalue weighted by Gasteiger charge is 2.64. The molecule has 1 saturated carbocycles. The molecule has 0 radical (unpaired) electrons. The Balaban J connectivity index is 1.93. The molecule has 2 heterocycles. The van der Waals surface area contributed by atoms with Crippen LogP contribution in [-0.4, -0.2) is 28.5 Å². The van der Waals surface area contributed by atoms with Crippen LogP contribution >= 0.6 is 0 Å². The van der Waals surface area contributed by atoms with Gasteiger partial charge in [0.25, 0.3) is 0 Å². The maximum absolute atomic E-state index is 13.8. The van der Waals surface area contributed by atoms with Crippen LogP contribution in [0.25, 0.3) is 0 Å². The fraction of sp³-hybridized carbons (Fsp3) is 0.667. The molecule has 132 valence electrons.